The summed E-state index contributed by atoms with van der Waals surface area (Å²) in [5.74, 6) is 0. The first-order valence-electron chi connectivity index (χ1n) is 5.49. The molecular weight excluding hydrogens is 262 g/mol. The van der Waals surface area contributed by atoms with E-state index in [9.17, 15) is 0 Å². The quantitative estimate of drug-likeness (QED) is 0.772. The lowest BCUT2D eigenvalue weighted by molar-refractivity contribution is 1.31. The van der Waals surface area contributed by atoms with Gasteiger partial charge in [0.2, 0.25) is 0 Å². The molecule has 0 aliphatic rings. The fourth-order valence-corrected chi connectivity index (χ4v) is 3.24. The predicted octanol–water partition coefficient (Wildman–Crippen LogP) is 4.32. The van der Waals surface area contributed by atoms with Crippen molar-refractivity contribution in [1.29, 1.82) is 0 Å². The van der Waals surface area contributed by atoms with Crippen molar-refractivity contribution in [3.8, 4) is 10.6 Å². The molecule has 0 spiro atoms. The lowest BCUT2D eigenvalue weighted by Gasteiger charge is -1.99. The van der Waals surface area contributed by atoms with E-state index in [1.807, 2.05) is 12.1 Å². The molecule has 90 valence electrons. The highest BCUT2D eigenvalue weighted by molar-refractivity contribution is 7.16. The maximum Gasteiger partial charge on any atom is 0.187 e. The summed E-state index contributed by atoms with van der Waals surface area (Å²) in [6.07, 6.45) is 3.54. The third-order valence-corrected chi connectivity index (χ3v) is 4.23. The van der Waals surface area contributed by atoms with Gasteiger partial charge >= 0.3 is 0 Å². The fourth-order valence-electron chi connectivity index (χ4n) is 1.57. The van der Waals surface area contributed by atoms with Gasteiger partial charge in [0.15, 0.2) is 5.13 Å². The third-order valence-electron chi connectivity index (χ3n) is 2.40. The molecule has 0 fully saturated rings. The van der Waals surface area contributed by atoms with Crippen molar-refractivity contribution in [2.75, 3.05) is 5.32 Å². The van der Waals surface area contributed by atoms with Crippen molar-refractivity contribution in [3.63, 3.8) is 0 Å². The number of anilines is 2. The Kier molecular flexibility index (Phi) is 3.08. The van der Waals surface area contributed by atoms with Gasteiger partial charge < -0.3 is 5.32 Å². The average Bonchev–Trinajstić information content (AvgIpc) is 2.99. The van der Waals surface area contributed by atoms with Crippen LogP contribution in [-0.2, 0) is 0 Å². The normalized spacial score (nSPS) is 10.5. The smallest absolute Gasteiger partial charge is 0.187 e. The van der Waals surface area contributed by atoms with Gasteiger partial charge in [0.1, 0.15) is 0 Å². The zero-order chi connectivity index (χ0) is 12.4. The van der Waals surface area contributed by atoms with Crippen molar-refractivity contribution >= 4 is 33.5 Å². The van der Waals surface area contributed by atoms with Gasteiger partial charge in [-0.15, -0.1) is 22.7 Å². The molecule has 18 heavy (non-hydrogen) atoms. The summed E-state index contributed by atoms with van der Waals surface area (Å²) in [5.41, 5.74) is 3.27. The summed E-state index contributed by atoms with van der Waals surface area (Å²) < 4.78 is 0. The number of hydrogen-bond donors (Lipinski definition) is 1. The van der Waals surface area contributed by atoms with E-state index in [0.29, 0.717) is 0 Å². The largest absolute Gasteiger partial charge is 0.330 e. The molecular formula is C13H11N3S2. The summed E-state index contributed by atoms with van der Waals surface area (Å²) in [4.78, 5) is 9.86. The molecule has 1 N–H and O–H groups in total. The van der Waals surface area contributed by atoms with Crippen LogP contribution in [0.4, 0.5) is 10.8 Å². The van der Waals surface area contributed by atoms with E-state index in [4.69, 9.17) is 0 Å². The van der Waals surface area contributed by atoms with E-state index < -0.39 is 0 Å². The molecule has 0 unspecified atom stereocenters. The standard InChI is InChI=1S/C13H11N3S2/c1-9-5-12(17-7-9)11-8-18-13(16-11)15-10-3-2-4-14-6-10/h2-8H,1H3,(H,15,16). The number of hydrogen-bond acceptors (Lipinski definition) is 5. The number of aromatic nitrogens is 2. The highest BCUT2D eigenvalue weighted by atomic mass is 32.1. The fraction of sp³-hybridized carbons (Fsp3) is 0.0769. The number of aryl methyl sites for hydroxylation is 1. The first-order valence-corrected chi connectivity index (χ1v) is 7.25. The van der Waals surface area contributed by atoms with Crippen LogP contribution in [0.5, 0.6) is 0 Å². The van der Waals surface area contributed by atoms with Crippen molar-refractivity contribution in [1.82, 2.24) is 9.97 Å². The maximum absolute atomic E-state index is 4.58. The summed E-state index contributed by atoms with van der Waals surface area (Å²) >= 11 is 3.33. The molecule has 0 aromatic carbocycles. The third kappa shape index (κ3) is 2.42. The van der Waals surface area contributed by atoms with Crippen LogP contribution in [0.1, 0.15) is 5.56 Å². The minimum atomic E-state index is 0.893. The Morgan fingerprint density at radius 2 is 2.17 bits per heavy atom. The SMILES string of the molecule is Cc1csc(-c2csc(Nc3cccnc3)n2)c1. The molecule has 3 heterocycles. The highest BCUT2D eigenvalue weighted by Crippen LogP contribution is 2.30. The van der Waals surface area contributed by atoms with E-state index in [1.165, 1.54) is 10.4 Å². The zero-order valence-electron chi connectivity index (χ0n) is 9.75. The van der Waals surface area contributed by atoms with E-state index in [2.05, 4.69) is 39.0 Å². The minimum Gasteiger partial charge on any atom is -0.330 e. The van der Waals surface area contributed by atoms with E-state index in [-0.39, 0.29) is 0 Å². The van der Waals surface area contributed by atoms with Crippen molar-refractivity contribution in [2.24, 2.45) is 0 Å². The summed E-state index contributed by atoms with van der Waals surface area (Å²) in [7, 11) is 0. The zero-order valence-corrected chi connectivity index (χ0v) is 11.4. The van der Waals surface area contributed by atoms with Gasteiger partial charge in [-0.3, -0.25) is 4.98 Å². The molecule has 0 amide bonds. The highest BCUT2D eigenvalue weighted by Gasteiger charge is 2.06. The lowest BCUT2D eigenvalue weighted by Crippen LogP contribution is -1.89. The number of thiophene rings is 1. The molecule has 0 aliphatic heterocycles. The van der Waals surface area contributed by atoms with Crippen molar-refractivity contribution in [2.45, 2.75) is 6.92 Å². The lowest BCUT2D eigenvalue weighted by atomic mass is 10.3. The molecule has 5 heteroatoms. The first-order chi connectivity index (χ1) is 8.81. The van der Waals surface area contributed by atoms with Gasteiger partial charge in [0.05, 0.1) is 22.5 Å². The van der Waals surface area contributed by atoms with Crippen LogP contribution in [0.15, 0.2) is 41.4 Å². The van der Waals surface area contributed by atoms with E-state index in [0.717, 1.165) is 16.5 Å². The number of pyridine rings is 1. The number of rotatable bonds is 3. The van der Waals surface area contributed by atoms with Crippen LogP contribution >= 0.6 is 22.7 Å². The molecule has 0 bridgehead atoms. The monoisotopic (exact) mass is 273 g/mol. The van der Waals surface area contributed by atoms with Gasteiger partial charge in [0, 0.05) is 11.6 Å². The summed E-state index contributed by atoms with van der Waals surface area (Å²) in [6, 6.07) is 6.04. The molecule has 0 atom stereocenters. The van der Waals surface area contributed by atoms with Crippen molar-refractivity contribution in [3.05, 3.63) is 46.9 Å². The molecule has 0 aliphatic carbocycles. The van der Waals surface area contributed by atoms with Crippen LogP contribution in [0.2, 0.25) is 0 Å². The van der Waals surface area contributed by atoms with Gasteiger partial charge in [-0.25, -0.2) is 4.98 Å². The van der Waals surface area contributed by atoms with Crippen LogP contribution < -0.4 is 5.32 Å². The molecule has 3 aromatic heterocycles. The Morgan fingerprint density at radius 3 is 2.89 bits per heavy atom. The number of nitrogens with zero attached hydrogens (tertiary/aromatic N) is 2. The summed E-state index contributed by atoms with van der Waals surface area (Å²) in [6.45, 7) is 2.10. The predicted molar refractivity (Wildman–Crippen MR) is 77.7 cm³/mol. The Labute approximate surface area is 113 Å². The van der Waals surface area contributed by atoms with Gasteiger partial charge in [-0.1, -0.05) is 0 Å². The average molecular weight is 273 g/mol. The molecule has 3 nitrogen and oxygen atoms in total. The molecule has 0 radical (unpaired) electrons. The Balaban J connectivity index is 1.82. The second kappa shape index (κ2) is 4.88. The Hall–Kier alpha value is -1.72. The van der Waals surface area contributed by atoms with Gasteiger partial charge in [0.25, 0.3) is 0 Å². The van der Waals surface area contributed by atoms with Crippen LogP contribution in [-0.4, -0.2) is 9.97 Å². The van der Waals surface area contributed by atoms with Crippen LogP contribution in [0.25, 0.3) is 10.6 Å². The van der Waals surface area contributed by atoms with E-state index >= 15 is 0 Å². The molecule has 3 rings (SSSR count). The second-order valence-electron chi connectivity index (χ2n) is 3.89. The van der Waals surface area contributed by atoms with Crippen LogP contribution in [0, 0.1) is 6.92 Å². The number of thiazole rings is 1. The second-order valence-corrected chi connectivity index (χ2v) is 5.66. The van der Waals surface area contributed by atoms with Gasteiger partial charge in [-0.05, 0) is 36.1 Å². The van der Waals surface area contributed by atoms with Crippen molar-refractivity contribution < 1.29 is 0 Å². The maximum atomic E-state index is 4.58. The molecule has 0 saturated carbocycles. The van der Waals surface area contributed by atoms with E-state index in [1.54, 1.807) is 35.1 Å². The Morgan fingerprint density at radius 1 is 1.22 bits per heavy atom. The molecule has 0 saturated heterocycles. The number of nitrogens with one attached hydrogen (secondary N) is 1. The summed E-state index contributed by atoms with van der Waals surface area (Å²) in [5, 5.41) is 8.36. The first kappa shape index (κ1) is 11.4. The minimum absolute atomic E-state index is 0.893. The van der Waals surface area contributed by atoms with Crippen LogP contribution in [0.3, 0.4) is 0 Å². The Bertz CT molecular complexity index is 643. The molecule has 3 aromatic rings. The van der Waals surface area contributed by atoms with Gasteiger partial charge in [-0.2, -0.15) is 0 Å². The topological polar surface area (TPSA) is 37.8 Å².